The number of hydrogen-bond donors (Lipinski definition) is 0. The van der Waals surface area contributed by atoms with Crippen molar-refractivity contribution in [3.05, 3.63) is 0 Å². The summed E-state index contributed by atoms with van der Waals surface area (Å²) >= 11 is 0. The molecule has 2 rings (SSSR count). The van der Waals surface area contributed by atoms with Crippen LogP contribution in [-0.4, -0.2) is 37.4 Å². The fourth-order valence-corrected chi connectivity index (χ4v) is 1.47. The molecule has 0 N–H and O–H groups in total. The molecule has 1 fully saturated rings. The molecule has 2 aliphatic heterocycles. The van der Waals surface area contributed by atoms with Crippen LogP contribution in [0.25, 0.3) is 0 Å². The Labute approximate surface area is 65.8 Å². The largest absolute Gasteiger partial charge is 0.352 e. The van der Waals surface area contributed by atoms with E-state index >= 15 is 0 Å². The molecule has 1 saturated heterocycles. The zero-order chi connectivity index (χ0) is 7.84. The Balaban J connectivity index is 2.12. The number of ether oxygens (including phenoxy) is 2. The molecule has 3 atom stereocenters. The number of nitrogens with zero attached hydrogens (tertiary/aromatic N) is 2. The summed E-state index contributed by atoms with van der Waals surface area (Å²) in [6, 6.07) is 0. The maximum absolute atomic E-state index is 5.36. The third-order valence-corrected chi connectivity index (χ3v) is 2.23. The van der Waals surface area contributed by atoms with Gasteiger partial charge in [0.15, 0.2) is 6.23 Å². The molecule has 0 aromatic rings. The maximum Gasteiger partial charge on any atom is 0.158 e. The second kappa shape index (κ2) is 2.46. The molecule has 62 valence electrons. The predicted molar refractivity (Wildman–Crippen MR) is 40.0 cm³/mol. The molecule has 0 amide bonds. The average Bonchev–Trinajstić information content (AvgIpc) is 2.35. The van der Waals surface area contributed by atoms with Crippen molar-refractivity contribution in [3.8, 4) is 0 Å². The van der Waals surface area contributed by atoms with E-state index in [1.54, 1.807) is 0 Å². The van der Waals surface area contributed by atoms with Crippen molar-refractivity contribution < 1.29 is 9.47 Å². The Morgan fingerprint density at radius 1 is 1.55 bits per heavy atom. The van der Waals surface area contributed by atoms with E-state index in [9.17, 15) is 0 Å². The lowest BCUT2D eigenvalue weighted by molar-refractivity contribution is -0.217. The van der Waals surface area contributed by atoms with Gasteiger partial charge in [-0.25, -0.2) is 0 Å². The standard InChI is InChI=1S/C7H12N2O2/c1-5-6-3-8-9(2)7(6)11-4-10-5/h3,5-7H,4H2,1-2H3. The normalized spacial score (nSPS) is 42.7. The van der Waals surface area contributed by atoms with Gasteiger partial charge in [0.2, 0.25) is 0 Å². The van der Waals surface area contributed by atoms with E-state index in [0.29, 0.717) is 12.7 Å². The van der Waals surface area contributed by atoms with Crippen molar-refractivity contribution in [2.24, 2.45) is 11.0 Å². The minimum absolute atomic E-state index is 0.0961. The predicted octanol–water partition coefficient (Wildman–Crippen LogP) is 0.253. The SMILES string of the molecule is CC1OCOC2C1C=NN2C. The first-order valence-corrected chi connectivity index (χ1v) is 3.79. The third-order valence-electron chi connectivity index (χ3n) is 2.23. The molecule has 2 heterocycles. The minimum atomic E-state index is 0.0961. The highest BCUT2D eigenvalue weighted by molar-refractivity contribution is 5.64. The molecule has 0 aliphatic carbocycles. The van der Waals surface area contributed by atoms with Crippen molar-refractivity contribution in [2.45, 2.75) is 19.3 Å². The second-order valence-electron chi connectivity index (χ2n) is 2.96. The number of fused-ring (bicyclic) bond motifs is 1. The van der Waals surface area contributed by atoms with Crippen molar-refractivity contribution in [1.82, 2.24) is 5.01 Å². The molecular formula is C7H12N2O2. The van der Waals surface area contributed by atoms with E-state index in [4.69, 9.17) is 9.47 Å². The zero-order valence-electron chi connectivity index (χ0n) is 6.73. The van der Waals surface area contributed by atoms with Gasteiger partial charge >= 0.3 is 0 Å². The monoisotopic (exact) mass is 156 g/mol. The highest BCUT2D eigenvalue weighted by atomic mass is 16.7. The molecule has 0 radical (unpaired) electrons. The van der Waals surface area contributed by atoms with Crippen LogP contribution in [0, 0.1) is 5.92 Å². The molecule has 11 heavy (non-hydrogen) atoms. The lowest BCUT2D eigenvalue weighted by Crippen LogP contribution is -2.43. The average molecular weight is 156 g/mol. The van der Waals surface area contributed by atoms with E-state index in [1.807, 2.05) is 25.2 Å². The van der Waals surface area contributed by atoms with Crippen LogP contribution in [0.2, 0.25) is 0 Å². The summed E-state index contributed by atoms with van der Waals surface area (Å²) in [5, 5.41) is 5.97. The van der Waals surface area contributed by atoms with Gasteiger partial charge < -0.3 is 9.47 Å². The van der Waals surface area contributed by atoms with E-state index in [-0.39, 0.29) is 12.3 Å². The molecular weight excluding hydrogens is 144 g/mol. The zero-order valence-corrected chi connectivity index (χ0v) is 6.73. The van der Waals surface area contributed by atoms with E-state index in [1.165, 1.54) is 0 Å². The van der Waals surface area contributed by atoms with Gasteiger partial charge in [0, 0.05) is 13.3 Å². The Morgan fingerprint density at radius 3 is 3.09 bits per heavy atom. The van der Waals surface area contributed by atoms with Crippen LogP contribution >= 0.6 is 0 Å². The van der Waals surface area contributed by atoms with Gasteiger partial charge in [-0.05, 0) is 6.92 Å². The first kappa shape index (κ1) is 7.06. The van der Waals surface area contributed by atoms with Gasteiger partial charge in [0.25, 0.3) is 0 Å². The Hall–Kier alpha value is -0.610. The van der Waals surface area contributed by atoms with Crippen LogP contribution in [-0.2, 0) is 9.47 Å². The number of rotatable bonds is 0. The third kappa shape index (κ3) is 1.02. The van der Waals surface area contributed by atoms with Crippen LogP contribution in [0.15, 0.2) is 5.10 Å². The summed E-state index contributed by atoms with van der Waals surface area (Å²) in [6.45, 7) is 2.43. The number of hydrazone groups is 1. The van der Waals surface area contributed by atoms with Gasteiger partial charge in [-0.15, -0.1) is 0 Å². The molecule has 3 unspecified atom stereocenters. The summed E-state index contributed by atoms with van der Waals surface area (Å²) in [5.74, 6) is 0.300. The van der Waals surface area contributed by atoms with Gasteiger partial charge in [0.1, 0.15) is 6.79 Å². The molecule has 0 bridgehead atoms. The fourth-order valence-electron chi connectivity index (χ4n) is 1.47. The van der Waals surface area contributed by atoms with Gasteiger partial charge in [0.05, 0.1) is 12.0 Å². The smallest absolute Gasteiger partial charge is 0.158 e. The van der Waals surface area contributed by atoms with E-state index in [2.05, 4.69) is 5.10 Å². The molecule has 0 spiro atoms. The first-order valence-electron chi connectivity index (χ1n) is 3.79. The van der Waals surface area contributed by atoms with Crippen molar-refractivity contribution in [3.63, 3.8) is 0 Å². The summed E-state index contributed by atoms with van der Waals surface area (Å²) in [6.07, 6.45) is 2.22. The van der Waals surface area contributed by atoms with Crippen LogP contribution in [0.3, 0.4) is 0 Å². The van der Waals surface area contributed by atoms with Crippen molar-refractivity contribution in [1.29, 1.82) is 0 Å². The van der Waals surface area contributed by atoms with E-state index < -0.39 is 0 Å². The fraction of sp³-hybridized carbons (Fsp3) is 0.857. The Bertz CT molecular complexity index is 183. The van der Waals surface area contributed by atoms with Crippen LogP contribution in [0.1, 0.15) is 6.92 Å². The van der Waals surface area contributed by atoms with Crippen LogP contribution < -0.4 is 0 Å². The summed E-state index contributed by atoms with van der Waals surface area (Å²) in [4.78, 5) is 0. The molecule has 4 heteroatoms. The van der Waals surface area contributed by atoms with E-state index in [0.717, 1.165) is 0 Å². The van der Waals surface area contributed by atoms with Crippen molar-refractivity contribution >= 4 is 6.21 Å². The topological polar surface area (TPSA) is 34.1 Å². The summed E-state index contributed by atoms with van der Waals surface area (Å²) < 4.78 is 10.7. The quantitative estimate of drug-likeness (QED) is 0.504. The summed E-state index contributed by atoms with van der Waals surface area (Å²) in [7, 11) is 1.92. The van der Waals surface area contributed by atoms with Gasteiger partial charge in [-0.2, -0.15) is 5.10 Å². The number of hydrogen-bond acceptors (Lipinski definition) is 4. The lowest BCUT2D eigenvalue weighted by atomic mass is 10.0. The van der Waals surface area contributed by atoms with Crippen LogP contribution in [0.5, 0.6) is 0 Å². The molecule has 4 nitrogen and oxygen atoms in total. The van der Waals surface area contributed by atoms with Gasteiger partial charge in [-0.1, -0.05) is 0 Å². The Kier molecular flexibility index (Phi) is 1.58. The highest BCUT2D eigenvalue weighted by Crippen LogP contribution is 2.25. The summed E-state index contributed by atoms with van der Waals surface area (Å²) in [5.41, 5.74) is 0. The minimum Gasteiger partial charge on any atom is -0.352 e. The molecule has 2 aliphatic rings. The maximum atomic E-state index is 5.36. The van der Waals surface area contributed by atoms with Crippen LogP contribution in [0.4, 0.5) is 0 Å². The highest BCUT2D eigenvalue weighted by Gasteiger charge is 2.37. The van der Waals surface area contributed by atoms with Gasteiger partial charge in [-0.3, -0.25) is 5.01 Å². The molecule has 0 aromatic carbocycles. The second-order valence-corrected chi connectivity index (χ2v) is 2.96. The molecule has 0 saturated carbocycles. The lowest BCUT2D eigenvalue weighted by Gasteiger charge is -2.32. The molecule has 0 aromatic heterocycles. The van der Waals surface area contributed by atoms with Crippen molar-refractivity contribution in [2.75, 3.05) is 13.8 Å². The Morgan fingerprint density at radius 2 is 2.36 bits per heavy atom. The first-order chi connectivity index (χ1) is 5.29.